The SMILES string of the molecule is CC1(C)CC(N(c2nc(NNc3nc(N(C4CC(C)(C)N([O])C(C)(C)C4)C4CC(C)(C)N([O])C(C)(C)C4)nc(N(C4CC(C)(C)N([O])C(C)(C)C4)C4CC(C)(C)N([O])C(C)(C)C4)n3)nc(N(C3CC(C)(C)N([O])C(C)(C)C3)C3CC(C)(C)N([O])C(C)(C)C3)n2)C2CC(C)(C)N([O])C(C)(C)C2)CC(C)(C)N1[O]. The van der Waals surface area contributed by atoms with E-state index in [1.54, 1.807) is 0 Å². The Morgan fingerprint density at radius 1 is 0.198 bits per heavy atom. The lowest BCUT2D eigenvalue weighted by Gasteiger charge is -2.58. The zero-order valence-corrected chi connectivity index (χ0v) is 71.2. The van der Waals surface area contributed by atoms with Crippen molar-refractivity contribution in [1.29, 1.82) is 0 Å². The fraction of sp³-hybridized carbons (Fsp3) is 0.923. The van der Waals surface area contributed by atoms with Gasteiger partial charge in [0, 0.05) is 137 Å². The molecular formula is C78H138N20O8. The van der Waals surface area contributed by atoms with E-state index in [4.69, 9.17) is 29.9 Å². The molecule has 0 amide bonds. The number of aromatic nitrogens is 6. The van der Waals surface area contributed by atoms with Gasteiger partial charge in [-0.2, -0.15) is 29.9 Å². The molecule has 0 aliphatic carbocycles. The van der Waals surface area contributed by atoms with Crippen LogP contribution in [-0.4, -0.2) is 207 Å². The number of hydrogen-bond donors (Lipinski definition) is 2. The fourth-order valence-corrected chi connectivity index (χ4v) is 23.2. The van der Waals surface area contributed by atoms with Crippen LogP contribution >= 0.6 is 0 Å². The minimum atomic E-state index is -0.855. The molecule has 8 aliphatic heterocycles. The molecule has 0 saturated carbocycles. The van der Waals surface area contributed by atoms with Crippen LogP contribution in [0.2, 0.25) is 0 Å². The van der Waals surface area contributed by atoms with Crippen LogP contribution in [0.3, 0.4) is 0 Å². The van der Waals surface area contributed by atoms with Crippen LogP contribution in [0.15, 0.2) is 0 Å². The van der Waals surface area contributed by atoms with Crippen molar-refractivity contribution >= 4 is 35.7 Å². The Morgan fingerprint density at radius 3 is 0.387 bits per heavy atom. The number of anilines is 6. The summed E-state index contributed by atoms with van der Waals surface area (Å²) in [6.07, 6.45) is 6.84. The fourth-order valence-electron chi connectivity index (χ4n) is 23.2. The highest BCUT2D eigenvalue weighted by atomic mass is 16.5. The number of rotatable bonds is 15. The van der Waals surface area contributed by atoms with Gasteiger partial charge in [0.15, 0.2) is 0 Å². The van der Waals surface area contributed by atoms with E-state index >= 15 is 0 Å². The molecule has 10 rings (SSSR count). The molecule has 10 heterocycles. The van der Waals surface area contributed by atoms with Crippen molar-refractivity contribution in [2.24, 2.45) is 0 Å². The first-order valence-corrected chi connectivity index (χ1v) is 39.6. The van der Waals surface area contributed by atoms with Gasteiger partial charge in [-0.15, -0.1) is 82.2 Å². The molecule has 2 aromatic heterocycles. The molecular weight excluding hydrogens is 1340 g/mol. The zero-order chi connectivity index (χ0) is 80.0. The van der Waals surface area contributed by atoms with Crippen LogP contribution in [0.25, 0.3) is 0 Å². The molecule has 0 aromatic carbocycles. The first-order valence-electron chi connectivity index (χ1n) is 39.6. The number of nitrogens with zero attached hydrogens (tertiary/aromatic N) is 18. The van der Waals surface area contributed by atoms with Crippen LogP contribution < -0.4 is 30.5 Å². The standard InChI is InChI=1S/C78H138N20O8/c1-63(2)33-49(34-64(3,4)91(63)99)87(50-35-65(5,6)92(100)66(7,8)36-50)59-79-57(80-60(83-59)88(51-37-67(9,10)93(101)68(11,12)38-51)52-39-69(13,14)94(102)70(15,16)40-52)85-86-58-81-61(89(53-41-71(17,18)95(103)72(19,20)42-53)54-43-73(21,22)96(104)74(23,24)44-54)84-62(82-58)90(55-45-75(25,26)97(105)76(27,28)46-55)56-47-77(29,30)98(106)78(31,32)48-56/h49-56H,33-48H2,1-32H3,(H,79,80,83,85)(H,81,82,84,86). The Bertz CT molecular complexity index is 2750. The van der Waals surface area contributed by atoms with Crippen molar-refractivity contribution in [2.45, 2.75) is 461 Å². The molecule has 28 heteroatoms. The molecule has 2 aromatic rings. The average molecular weight is 1480 g/mol. The van der Waals surface area contributed by atoms with Crippen molar-refractivity contribution in [3.8, 4) is 0 Å². The lowest BCUT2D eigenvalue weighted by Crippen LogP contribution is -2.68. The average Bonchev–Trinajstić information content (AvgIpc) is 0.743. The number of hydroxylamine groups is 16. The molecule has 0 atom stereocenters. The van der Waals surface area contributed by atoms with Crippen LogP contribution in [0.4, 0.5) is 35.7 Å². The summed E-state index contributed by atoms with van der Waals surface area (Å²) >= 11 is 0. The summed E-state index contributed by atoms with van der Waals surface area (Å²) in [5.74, 6) is 1.43. The highest BCUT2D eigenvalue weighted by molar-refractivity contribution is 5.54. The Hall–Kier alpha value is -3.82. The predicted molar refractivity (Wildman–Crippen MR) is 406 cm³/mol. The normalized spacial score (nSPS) is 29.7. The minimum absolute atomic E-state index is 0.0848. The van der Waals surface area contributed by atoms with Gasteiger partial charge in [0.1, 0.15) is 0 Å². The van der Waals surface area contributed by atoms with E-state index in [-0.39, 0.29) is 60.2 Å². The molecule has 8 aliphatic rings. The first kappa shape index (κ1) is 84.6. The molecule has 28 nitrogen and oxygen atoms in total. The summed E-state index contributed by atoms with van der Waals surface area (Å²) < 4.78 is 0. The smallest absolute Gasteiger partial charge is 0.248 e. The second kappa shape index (κ2) is 26.9. The lowest BCUT2D eigenvalue weighted by molar-refractivity contribution is -0.294. The maximum absolute atomic E-state index is 14.5. The van der Waals surface area contributed by atoms with Gasteiger partial charge in [0.2, 0.25) is 35.7 Å². The molecule has 8 fully saturated rings. The van der Waals surface area contributed by atoms with Crippen molar-refractivity contribution in [2.75, 3.05) is 30.5 Å². The first-order chi connectivity index (χ1) is 47.6. The van der Waals surface area contributed by atoms with Gasteiger partial charge in [0.05, 0.1) is 0 Å². The Labute approximate surface area is 636 Å². The van der Waals surface area contributed by atoms with Crippen LogP contribution in [0.5, 0.6) is 0 Å². The summed E-state index contributed by atoms with van der Waals surface area (Å²) in [5, 5.41) is 126. The molecule has 0 unspecified atom stereocenters. The van der Waals surface area contributed by atoms with E-state index in [0.717, 1.165) is 0 Å². The van der Waals surface area contributed by atoms with Gasteiger partial charge < -0.3 is 19.6 Å². The maximum atomic E-state index is 14.5. The quantitative estimate of drug-likeness (QED) is 0.157. The third-order valence-corrected chi connectivity index (χ3v) is 26.1. The van der Waals surface area contributed by atoms with Gasteiger partial charge in [-0.1, -0.05) is 0 Å². The van der Waals surface area contributed by atoms with Crippen molar-refractivity contribution in [3.05, 3.63) is 0 Å². The lowest BCUT2D eigenvalue weighted by atomic mass is 9.74. The topological polar surface area (TPSA) is 299 Å². The van der Waals surface area contributed by atoms with Gasteiger partial charge in [-0.25, -0.2) is 0 Å². The van der Waals surface area contributed by atoms with Gasteiger partial charge >= 0.3 is 0 Å². The molecule has 0 bridgehead atoms. The molecule has 598 valence electrons. The highest BCUT2D eigenvalue weighted by Gasteiger charge is 2.60. The number of piperidine rings is 8. The van der Waals surface area contributed by atoms with Crippen molar-refractivity contribution in [3.63, 3.8) is 0 Å². The largest absolute Gasteiger partial charge is 0.334 e. The van der Waals surface area contributed by atoms with Gasteiger partial charge in [0.25, 0.3) is 0 Å². The third-order valence-electron chi connectivity index (χ3n) is 26.1. The van der Waals surface area contributed by atoms with Gasteiger partial charge in [-0.3, -0.25) is 10.9 Å². The van der Waals surface area contributed by atoms with Gasteiger partial charge in [-0.05, 0) is 324 Å². The monoisotopic (exact) mass is 1480 g/mol. The van der Waals surface area contributed by atoms with E-state index in [2.05, 4.69) is 30.5 Å². The van der Waals surface area contributed by atoms with E-state index in [0.29, 0.717) is 127 Å². The molecule has 8 radical (unpaired) electrons. The second-order valence-electron chi connectivity index (χ2n) is 44.2. The Balaban J connectivity index is 1.26. The van der Waals surface area contributed by atoms with Crippen LogP contribution in [0, 0.1) is 0 Å². The summed E-state index contributed by atoms with van der Waals surface area (Å²) in [6, 6.07) is -2.76. The van der Waals surface area contributed by atoms with E-state index in [1.165, 1.54) is 40.5 Å². The summed E-state index contributed by atoms with van der Waals surface area (Å²) in [7, 11) is 0. The summed E-state index contributed by atoms with van der Waals surface area (Å²) in [6.45, 7) is 63.6. The maximum Gasteiger partial charge on any atom is 0.248 e. The van der Waals surface area contributed by atoms with E-state index in [9.17, 15) is 41.7 Å². The van der Waals surface area contributed by atoms with Crippen molar-refractivity contribution < 1.29 is 41.7 Å². The molecule has 106 heavy (non-hydrogen) atoms. The van der Waals surface area contributed by atoms with Crippen LogP contribution in [-0.2, 0) is 41.7 Å². The molecule has 2 N–H and O–H groups in total. The molecule has 0 spiro atoms. The van der Waals surface area contributed by atoms with Crippen LogP contribution in [0.1, 0.15) is 324 Å². The second-order valence-corrected chi connectivity index (χ2v) is 44.2. The third kappa shape index (κ3) is 15.9. The summed E-state index contributed by atoms with van der Waals surface area (Å²) in [5.41, 5.74) is -6.64. The molecule has 8 saturated heterocycles. The number of hydrazine groups is 1. The van der Waals surface area contributed by atoms with E-state index in [1.807, 2.05) is 222 Å². The number of hydrogen-bond acceptors (Lipinski definition) is 20. The Kier molecular flexibility index (Phi) is 21.5. The minimum Gasteiger partial charge on any atom is -0.334 e. The van der Waals surface area contributed by atoms with E-state index < -0.39 is 88.6 Å². The van der Waals surface area contributed by atoms with Crippen molar-refractivity contribution in [1.82, 2.24) is 70.4 Å². The Morgan fingerprint density at radius 2 is 0.292 bits per heavy atom. The highest BCUT2D eigenvalue weighted by Crippen LogP contribution is 2.53. The zero-order valence-electron chi connectivity index (χ0n) is 71.2. The summed E-state index contributed by atoms with van der Waals surface area (Å²) in [4.78, 5) is 43.0. The predicted octanol–water partition coefficient (Wildman–Crippen LogP) is 13.7. The number of nitrogens with one attached hydrogen (secondary N) is 2.